The molecule has 0 aromatic heterocycles. The Morgan fingerprint density at radius 2 is 1.91 bits per heavy atom. The van der Waals surface area contributed by atoms with E-state index in [-0.39, 0.29) is 18.3 Å². The number of dihydropyridines is 1. The number of benzene rings is 1. The van der Waals surface area contributed by atoms with E-state index >= 15 is 0 Å². The number of methoxy groups -OCH3 is 1. The molecule has 2 aliphatic rings. The maximum Gasteiger partial charge on any atom is 0.336 e. The quantitative estimate of drug-likeness (QED) is 0.510. The zero-order valence-corrected chi connectivity index (χ0v) is 19.3. The van der Waals surface area contributed by atoms with Crippen molar-refractivity contribution >= 4 is 17.7 Å². The Balaban J connectivity index is 2.21. The third kappa shape index (κ3) is 4.29. The van der Waals surface area contributed by atoms with E-state index in [1.165, 1.54) is 7.11 Å². The normalized spacial score (nSPS) is 22.8. The van der Waals surface area contributed by atoms with Gasteiger partial charge in [0.25, 0.3) is 0 Å². The van der Waals surface area contributed by atoms with Gasteiger partial charge in [0, 0.05) is 22.5 Å². The number of esters is 2. The number of carbonyl (C=O) groups is 3. The number of para-hydroxylation sites is 1. The number of rotatable bonds is 7. The molecule has 0 bridgehead atoms. The summed E-state index contributed by atoms with van der Waals surface area (Å²) in [5.74, 6) is -2.65. The Morgan fingerprint density at radius 3 is 2.56 bits per heavy atom. The van der Waals surface area contributed by atoms with Crippen molar-refractivity contribution in [1.82, 2.24) is 5.32 Å². The first-order valence-corrected chi connectivity index (χ1v) is 11.1. The van der Waals surface area contributed by atoms with Crippen molar-refractivity contribution in [3.63, 3.8) is 0 Å². The summed E-state index contributed by atoms with van der Waals surface area (Å²) in [6.45, 7) is 8.17. The zero-order chi connectivity index (χ0) is 23.4. The van der Waals surface area contributed by atoms with E-state index in [9.17, 15) is 14.4 Å². The molecule has 0 unspecified atom stereocenters. The predicted octanol–water partition coefficient (Wildman–Crippen LogP) is 3.65. The van der Waals surface area contributed by atoms with Crippen LogP contribution in [0.2, 0.25) is 0 Å². The third-order valence-corrected chi connectivity index (χ3v) is 5.93. The number of allylic oxidation sites excluding steroid dienone is 3. The van der Waals surface area contributed by atoms with E-state index in [4.69, 9.17) is 14.2 Å². The van der Waals surface area contributed by atoms with Crippen LogP contribution in [-0.2, 0) is 23.9 Å². The van der Waals surface area contributed by atoms with Crippen molar-refractivity contribution < 1.29 is 28.6 Å². The largest absolute Gasteiger partial charge is 0.494 e. The highest BCUT2D eigenvalue weighted by atomic mass is 16.5. The molecule has 7 heteroatoms. The summed E-state index contributed by atoms with van der Waals surface area (Å²) < 4.78 is 16.3. The molecule has 32 heavy (non-hydrogen) atoms. The van der Waals surface area contributed by atoms with Crippen LogP contribution in [0.25, 0.3) is 0 Å². The molecule has 1 aromatic carbocycles. The lowest BCUT2D eigenvalue weighted by Gasteiger charge is -2.38. The maximum atomic E-state index is 13.7. The van der Waals surface area contributed by atoms with Crippen LogP contribution in [0.5, 0.6) is 5.75 Å². The van der Waals surface area contributed by atoms with E-state index in [0.717, 1.165) is 5.70 Å². The van der Waals surface area contributed by atoms with Crippen LogP contribution in [0.3, 0.4) is 0 Å². The van der Waals surface area contributed by atoms with Gasteiger partial charge < -0.3 is 19.5 Å². The lowest BCUT2D eigenvalue weighted by Crippen LogP contribution is -2.43. The van der Waals surface area contributed by atoms with Crippen LogP contribution in [0.1, 0.15) is 52.0 Å². The molecular formula is C25H31NO6. The summed E-state index contributed by atoms with van der Waals surface area (Å²) >= 11 is 0. The molecule has 1 aliphatic heterocycles. The third-order valence-electron chi connectivity index (χ3n) is 5.93. The fourth-order valence-electron chi connectivity index (χ4n) is 4.54. The van der Waals surface area contributed by atoms with Crippen molar-refractivity contribution in [2.75, 3.05) is 20.3 Å². The smallest absolute Gasteiger partial charge is 0.336 e. The molecule has 172 valence electrons. The molecule has 0 spiro atoms. The molecule has 3 atom stereocenters. The van der Waals surface area contributed by atoms with Gasteiger partial charge in [-0.15, -0.1) is 0 Å². The van der Waals surface area contributed by atoms with E-state index in [2.05, 4.69) is 5.32 Å². The highest BCUT2D eigenvalue weighted by Crippen LogP contribution is 2.47. The molecule has 3 rings (SSSR count). The second-order valence-electron chi connectivity index (χ2n) is 8.14. The molecule has 0 saturated heterocycles. The summed E-state index contributed by atoms with van der Waals surface area (Å²) in [6.07, 6.45) is 1.17. The van der Waals surface area contributed by atoms with Crippen molar-refractivity contribution in [2.45, 2.75) is 46.5 Å². The first-order chi connectivity index (χ1) is 15.3. The van der Waals surface area contributed by atoms with Crippen molar-refractivity contribution in [3.05, 3.63) is 52.4 Å². The molecular weight excluding hydrogens is 410 g/mol. The highest BCUT2D eigenvalue weighted by Gasteiger charge is 2.47. The van der Waals surface area contributed by atoms with Gasteiger partial charge in [-0.25, -0.2) is 4.79 Å². The Hall–Kier alpha value is -3.09. The Labute approximate surface area is 188 Å². The van der Waals surface area contributed by atoms with Crippen molar-refractivity contribution in [3.8, 4) is 5.75 Å². The van der Waals surface area contributed by atoms with Crippen LogP contribution < -0.4 is 10.1 Å². The summed E-state index contributed by atoms with van der Waals surface area (Å²) in [4.78, 5) is 39.3. The van der Waals surface area contributed by atoms with Gasteiger partial charge in [-0.05, 0) is 38.7 Å². The van der Waals surface area contributed by atoms with Crippen LogP contribution >= 0.6 is 0 Å². The summed E-state index contributed by atoms with van der Waals surface area (Å²) in [5, 5.41) is 3.26. The van der Waals surface area contributed by atoms with Crippen LogP contribution in [0.15, 0.2) is 46.8 Å². The average Bonchev–Trinajstić information content (AvgIpc) is 2.77. The summed E-state index contributed by atoms with van der Waals surface area (Å²) in [5.41, 5.74) is 2.81. The molecule has 0 fully saturated rings. The van der Waals surface area contributed by atoms with E-state index in [1.54, 1.807) is 0 Å². The van der Waals surface area contributed by atoms with Gasteiger partial charge in [-0.3, -0.25) is 9.59 Å². The second kappa shape index (κ2) is 10.0. The monoisotopic (exact) mass is 441 g/mol. The minimum Gasteiger partial charge on any atom is -0.494 e. The average molecular weight is 442 g/mol. The molecule has 0 radical (unpaired) electrons. The minimum atomic E-state index is -0.923. The number of Topliss-reactive ketones (excluding diaryl/α,β-unsaturated/α-hetero) is 1. The van der Waals surface area contributed by atoms with E-state index in [0.29, 0.717) is 47.6 Å². The van der Waals surface area contributed by atoms with Gasteiger partial charge in [-0.2, -0.15) is 0 Å². The van der Waals surface area contributed by atoms with Gasteiger partial charge in [0.05, 0.1) is 31.8 Å². The summed E-state index contributed by atoms with van der Waals surface area (Å²) in [7, 11) is 1.28. The molecule has 1 aliphatic carbocycles. The first-order valence-electron chi connectivity index (χ1n) is 11.1. The van der Waals surface area contributed by atoms with Gasteiger partial charge in [-0.1, -0.05) is 32.0 Å². The van der Waals surface area contributed by atoms with Gasteiger partial charge in [0.1, 0.15) is 11.7 Å². The van der Waals surface area contributed by atoms with Gasteiger partial charge in [0.15, 0.2) is 5.78 Å². The lowest BCUT2D eigenvalue weighted by molar-refractivity contribution is -0.151. The van der Waals surface area contributed by atoms with Crippen molar-refractivity contribution in [2.24, 2.45) is 11.8 Å². The van der Waals surface area contributed by atoms with Gasteiger partial charge >= 0.3 is 11.9 Å². The topological polar surface area (TPSA) is 90.9 Å². The molecule has 0 amide bonds. The molecule has 0 saturated carbocycles. The van der Waals surface area contributed by atoms with E-state index in [1.807, 2.05) is 52.0 Å². The van der Waals surface area contributed by atoms with Gasteiger partial charge in [0.2, 0.25) is 0 Å². The predicted molar refractivity (Wildman–Crippen MR) is 119 cm³/mol. The Kier molecular flexibility index (Phi) is 7.38. The molecule has 7 nitrogen and oxygen atoms in total. The lowest BCUT2D eigenvalue weighted by atomic mass is 9.69. The number of hydrogen-bond donors (Lipinski definition) is 1. The van der Waals surface area contributed by atoms with Crippen molar-refractivity contribution in [1.29, 1.82) is 0 Å². The van der Waals surface area contributed by atoms with Crippen LogP contribution in [0, 0.1) is 11.8 Å². The van der Waals surface area contributed by atoms with E-state index < -0.39 is 23.8 Å². The highest BCUT2D eigenvalue weighted by molar-refractivity contribution is 6.12. The SMILES string of the molecule is CCCOC(=O)C1=C(C)NC2=C(C(=O)[C@H](C(=O)OC)[C@@H](C)C2)[C@H]1c1ccccc1OCC. The number of ketones is 1. The van der Waals surface area contributed by atoms with Crippen LogP contribution in [0.4, 0.5) is 0 Å². The Bertz CT molecular complexity index is 976. The first kappa shape index (κ1) is 23.6. The maximum absolute atomic E-state index is 13.7. The molecule has 1 aromatic rings. The number of hydrogen-bond acceptors (Lipinski definition) is 7. The second-order valence-corrected chi connectivity index (χ2v) is 8.14. The molecule has 1 heterocycles. The van der Waals surface area contributed by atoms with Crippen LogP contribution in [-0.4, -0.2) is 38.0 Å². The summed E-state index contributed by atoms with van der Waals surface area (Å²) in [6, 6.07) is 7.36. The number of ether oxygens (including phenoxy) is 3. The molecule has 1 N–H and O–H groups in total. The zero-order valence-electron chi connectivity index (χ0n) is 19.3. The fourth-order valence-corrected chi connectivity index (χ4v) is 4.54. The Morgan fingerprint density at radius 1 is 1.19 bits per heavy atom. The number of carbonyl (C=O) groups excluding carboxylic acids is 3. The fraction of sp³-hybridized carbons (Fsp3) is 0.480. The number of nitrogens with one attached hydrogen (secondary N) is 1. The minimum absolute atomic E-state index is 0.231. The standard InChI is InChI=1S/C25H31NO6/c1-6-12-32-25(29)20-15(4)26-17-13-14(3)19(24(28)30-5)23(27)22(17)21(20)16-10-8-9-11-18(16)31-7-2/h8-11,14,19,21,26H,6-7,12-13H2,1-5H3/t14-,19+,21-/m0/s1.